The first-order valence-corrected chi connectivity index (χ1v) is 22.0. The van der Waals surface area contributed by atoms with E-state index in [1.165, 1.54) is 116 Å². The van der Waals surface area contributed by atoms with Gasteiger partial charge in [0.15, 0.2) is 0 Å². The van der Waals surface area contributed by atoms with Crippen LogP contribution >= 0.6 is 7.82 Å². The molecule has 0 radical (unpaired) electrons. The number of nitrogens with one attached hydrogen (secondary N) is 1. The van der Waals surface area contributed by atoms with Gasteiger partial charge in [-0.05, 0) is 38.5 Å². The molecule has 0 fully saturated rings. The molecule has 8 nitrogen and oxygen atoms in total. The molecule has 9 heteroatoms. The van der Waals surface area contributed by atoms with Gasteiger partial charge < -0.3 is 28.8 Å². The zero-order valence-electron chi connectivity index (χ0n) is 32.9. The third-order valence-electron chi connectivity index (χ3n) is 9.25. The Labute approximate surface area is 303 Å². The summed E-state index contributed by atoms with van der Waals surface area (Å²) in [6.45, 7) is 4.68. The van der Waals surface area contributed by atoms with E-state index < -0.39 is 20.0 Å². The van der Waals surface area contributed by atoms with Gasteiger partial charge in [-0.3, -0.25) is 9.36 Å². The lowest BCUT2D eigenvalue weighted by Crippen LogP contribution is -2.46. The van der Waals surface area contributed by atoms with Crippen molar-refractivity contribution in [3.63, 3.8) is 0 Å². The van der Waals surface area contributed by atoms with Crippen LogP contribution in [0.1, 0.15) is 187 Å². The lowest BCUT2D eigenvalue weighted by Gasteiger charge is -2.30. The number of phosphoric ester groups is 1. The van der Waals surface area contributed by atoms with Crippen LogP contribution in [0.4, 0.5) is 0 Å². The van der Waals surface area contributed by atoms with Gasteiger partial charge in [-0.15, -0.1) is 0 Å². The molecule has 49 heavy (non-hydrogen) atoms. The molecule has 292 valence electrons. The molecule has 0 saturated heterocycles. The minimum atomic E-state index is -4.56. The summed E-state index contributed by atoms with van der Waals surface area (Å²) in [7, 11) is 1.29. The number of carbonyl (C=O) groups is 1. The van der Waals surface area contributed by atoms with Gasteiger partial charge in [0.25, 0.3) is 7.82 Å². The van der Waals surface area contributed by atoms with Crippen molar-refractivity contribution in [3.8, 4) is 0 Å². The molecule has 0 aromatic carbocycles. The summed E-state index contributed by atoms with van der Waals surface area (Å²) in [5, 5.41) is 13.8. The van der Waals surface area contributed by atoms with Crippen LogP contribution in [-0.2, 0) is 18.4 Å². The smallest absolute Gasteiger partial charge is 0.268 e. The third-order valence-corrected chi connectivity index (χ3v) is 10.2. The van der Waals surface area contributed by atoms with Crippen molar-refractivity contribution < 1.29 is 32.9 Å². The molecule has 0 heterocycles. The van der Waals surface area contributed by atoms with Crippen LogP contribution in [0.15, 0.2) is 12.2 Å². The molecule has 0 rings (SSSR count). The maximum absolute atomic E-state index is 12.8. The zero-order valence-corrected chi connectivity index (χ0v) is 33.8. The van der Waals surface area contributed by atoms with Crippen LogP contribution < -0.4 is 10.2 Å². The number of phosphoric acid groups is 1. The summed E-state index contributed by atoms with van der Waals surface area (Å²) >= 11 is 0. The third kappa shape index (κ3) is 35.4. The molecule has 3 atom stereocenters. The quantitative estimate of drug-likeness (QED) is 0.0287. The SMILES string of the molecule is CCCCCCCCC/C=C/CCCC[C@@H](O)[C@H](COP(=O)([O-])OCC[N+](C)(C)C)NC(=O)CCCCCCCCCCCCCCCC. The molecule has 0 saturated carbocycles. The molecule has 0 bridgehead atoms. The number of nitrogens with zero attached hydrogens (tertiary/aromatic N) is 1. The number of carbonyl (C=O) groups excluding carboxylic acids is 1. The Bertz CT molecular complexity index is 819. The van der Waals surface area contributed by atoms with Gasteiger partial charge >= 0.3 is 0 Å². The number of allylic oxidation sites excluding steroid dienone is 2. The van der Waals surface area contributed by atoms with Crippen LogP contribution in [0.5, 0.6) is 0 Å². The van der Waals surface area contributed by atoms with Crippen LogP contribution in [0.2, 0.25) is 0 Å². The number of likely N-dealkylation sites (N-methyl/N-ethyl adjacent to an activating group) is 1. The van der Waals surface area contributed by atoms with Crippen LogP contribution in [0.3, 0.4) is 0 Å². The molecule has 0 spiro atoms. The molecular weight excluding hydrogens is 635 g/mol. The summed E-state index contributed by atoms with van der Waals surface area (Å²) in [5.74, 6) is -0.174. The minimum absolute atomic E-state index is 0.00938. The number of rotatable bonds is 37. The first-order valence-electron chi connectivity index (χ1n) is 20.5. The van der Waals surface area contributed by atoms with Gasteiger partial charge in [-0.2, -0.15) is 0 Å². The fourth-order valence-corrected chi connectivity index (χ4v) is 6.64. The molecule has 0 aliphatic heterocycles. The normalized spacial score (nSPS) is 14.7. The van der Waals surface area contributed by atoms with Crippen molar-refractivity contribution in [2.75, 3.05) is 40.9 Å². The van der Waals surface area contributed by atoms with Gasteiger partial charge in [-0.25, -0.2) is 0 Å². The van der Waals surface area contributed by atoms with Crippen molar-refractivity contribution in [1.29, 1.82) is 0 Å². The molecule has 0 aromatic rings. The lowest BCUT2D eigenvalue weighted by molar-refractivity contribution is -0.870. The number of unbranched alkanes of at least 4 members (excludes halogenated alkanes) is 22. The van der Waals surface area contributed by atoms with Crippen molar-refractivity contribution in [3.05, 3.63) is 12.2 Å². The lowest BCUT2D eigenvalue weighted by atomic mass is 10.0. The van der Waals surface area contributed by atoms with Crippen molar-refractivity contribution in [2.24, 2.45) is 0 Å². The second-order valence-electron chi connectivity index (χ2n) is 15.3. The van der Waals surface area contributed by atoms with Crippen molar-refractivity contribution in [2.45, 2.75) is 199 Å². The highest BCUT2D eigenvalue weighted by atomic mass is 31.2. The fourth-order valence-electron chi connectivity index (χ4n) is 5.92. The maximum atomic E-state index is 12.8. The topological polar surface area (TPSA) is 108 Å². The second kappa shape index (κ2) is 33.1. The zero-order chi connectivity index (χ0) is 36.5. The summed E-state index contributed by atoms with van der Waals surface area (Å²) in [6.07, 6.45) is 34.9. The number of hydrogen-bond donors (Lipinski definition) is 2. The molecule has 0 aliphatic carbocycles. The average Bonchev–Trinajstić information content (AvgIpc) is 3.04. The van der Waals surface area contributed by atoms with Crippen molar-refractivity contribution >= 4 is 13.7 Å². The Morgan fingerprint density at radius 2 is 1.12 bits per heavy atom. The molecule has 2 N–H and O–H groups in total. The number of hydrogen-bond acceptors (Lipinski definition) is 6. The molecule has 0 aromatic heterocycles. The van der Waals surface area contributed by atoms with E-state index in [1.807, 2.05) is 21.1 Å². The predicted molar refractivity (Wildman–Crippen MR) is 205 cm³/mol. The highest BCUT2D eigenvalue weighted by Gasteiger charge is 2.24. The standard InChI is InChI=1S/C40H81N2O6P/c1-6-8-10-12-14-16-18-20-22-24-26-28-30-32-34-40(44)41-38(37-48-49(45,46)47-36-35-42(3,4)5)39(43)33-31-29-27-25-23-21-19-17-15-13-11-9-7-2/h23,25,38-39,43H,6-22,24,26-37H2,1-5H3,(H-,41,44,45,46)/b25-23+/t38-,39+/m0/s1. The van der Waals surface area contributed by atoms with Crippen molar-refractivity contribution in [1.82, 2.24) is 5.32 Å². The first kappa shape index (κ1) is 48.2. The molecule has 1 amide bonds. The molecule has 1 unspecified atom stereocenters. The Hall–Kier alpha value is -0.760. The van der Waals surface area contributed by atoms with Crippen LogP contribution in [0, 0.1) is 0 Å². The highest BCUT2D eigenvalue weighted by molar-refractivity contribution is 7.45. The number of quaternary nitrogens is 1. The van der Waals surface area contributed by atoms with E-state index in [0.717, 1.165) is 44.9 Å². The Balaban J connectivity index is 4.45. The van der Waals surface area contributed by atoms with Crippen LogP contribution in [-0.4, -0.2) is 68.5 Å². The van der Waals surface area contributed by atoms with E-state index in [4.69, 9.17) is 9.05 Å². The average molecular weight is 717 g/mol. The van der Waals surface area contributed by atoms with E-state index in [9.17, 15) is 19.4 Å². The Morgan fingerprint density at radius 1 is 0.694 bits per heavy atom. The summed E-state index contributed by atoms with van der Waals surface area (Å²) in [5.41, 5.74) is 0. The van der Waals surface area contributed by atoms with Gasteiger partial charge in [0.05, 0.1) is 39.9 Å². The molecule has 0 aliphatic rings. The highest BCUT2D eigenvalue weighted by Crippen LogP contribution is 2.38. The van der Waals surface area contributed by atoms with E-state index in [0.29, 0.717) is 23.9 Å². The number of aliphatic hydroxyl groups is 1. The van der Waals surface area contributed by atoms with Gasteiger partial charge in [0.1, 0.15) is 13.2 Å². The second-order valence-corrected chi connectivity index (χ2v) is 16.8. The van der Waals surface area contributed by atoms with Gasteiger partial charge in [0.2, 0.25) is 5.91 Å². The Morgan fingerprint density at radius 3 is 1.59 bits per heavy atom. The minimum Gasteiger partial charge on any atom is -0.756 e. The summed E-state index contributed by atoms with van der Waals surface area (Å²) < 4.78 is 23.2. The van der Waals surface area contributed by atoms with E-state index in [2.05, 4.69) is 31.3 Å². The fraction of sp³-hybridized carbons (Fsp3) is 0.925. The molecular formula is C40H81N2O6P. The number of aliphatic hydroxyl groups excluding tert-OH is 1. The van der Waals surface area contributed by atoms with Gasteiger partial charge in [-0.1, -0.05) is 154 Å². The maximum Gasteiger partial charge on any atom is 0.268 e. The Kier molecular flexibility index (Phi) is 32.6. The van der Waals surface area contributed by atoms with E-state index >= 15 is 0 Å². The predicted octanol–water partition coefficient (Wildman–Crippen LogP) is 10.2. The number of amides is 1. The summed E-state index contributed by atoms with van der Waals surface area (Å²) in [6, 6.07) is -0.809. The first-order chi connectivity index (χ1) is 23.5. The van der Waals surface area contributed by atoms with Crippen LogP contribution in [0.25, 0.3) is 0 Å². The van der Waals surface area contributed by atoms with E-state index in [1.54, 1.807) is 0 Å². The van der Waals surface area contributed by atoms with E-state index in [-0.39, 0.29) is 19.1 Å². The largest absolute Gasteiger partial charge is 0.756 e. The monoisotopic (exact) mass is 717 g/mol. The van der Waals surface area contributed by atoms with Gasteiger partial charge in [0, 0.05) is 6.42 Å². The summed E-state index contributed by atoms with van der Waals surface area (Å²) in [4.78, 5) is 25.2.